The Bertz CT molecular complexity index is 608. The van der Waals surface area contributed by atoms with Crippen molar-refractivity contribution in [2.45, 2.75) is 26.7 Å². The lowest BCUT2D eigenvalue weighted by Gasteiger charge is -2.08. The standard InChI is InChI=1S/C13H14ClN3O2/c1-7(2)10-5-9(6-11(14)15-10)13(18)16-12-4-8(3)19-17-12/h4-7H,1-3H3,(H,16,17,18). The number of nitrogens with zero attached hydrogens (tertiary/aromatic N) is 2. The second kappa shape index (κ2) is 5.40. The highest BCUT2D eigenvalue weighted by Gasteiger charge is 2.13. The third-order valence-corrected chi connectivity index (χ3v) is 2.73. The zero-order valence-electron chi connectivity index (χ0n) is 10.9. The summed E-state index contributed by atoms with van der Waals surface area (Å²) < 4.78 is 4.88. The lowest BCUT2D eigenvalue weighted by Crippen LogP contribution is -2.13. The number of hydrogen-bond acceptors (Lipinski definition) is 4. The van der Waals surface area contributed by atoms with Gasteiger partial charge in [-0.05, 0) is 25.0 Å². The van der Waals surface area contributed by atoms with Gasteiger partial charge in [0.1, 0.15) is 10.9 Å². The van der Waals surface area contributed by atoms with Crippen LogP contribution in [0, 0.1) is 6.92 Å². The molecule has 0 fully saturated rings. The Labute approximate surface area is 116 Å². The number of carbonyl (C=O) groups excluding carboxylic acids is 1. The molecular weight excluding hydrogens is 266 g/mol. The van der Waals surface area contributed by atoms with Gasteiger partial charge in [0.2, 0.25) is 0 Å². The summed E-state index contributed by atoms with van der Waals surface area (Å²) in [4.78, 5) is 16.2. The highest BCUT2D eigenvalue weighted by atomic mass is 35.5. The molecule has 0 unspecified atom stereocenters. The highest BCUT2D eigenvalue weighted by Crippen LogP contribution is 2.18. The van der Waals surface area contributed by atoms with E-state index < -0.39 is 0 Å². The molecule has 1 N–H and O–H groups in total. The zero-order valence-corrected chi connectivity index (χ0v) is 11.7. The van der Waals surface area contributed by atoms with E-state index >= 15 is 0 Å². The molecule has 2 heterocycles. The zero-order chi connectivity index (χ0) is 14.0. The van der Waals surface area contributed by atoms with Gasteiger partial charge in [0.15, 0.2) is 5.82 Å². The molecule has 0 saturated carbocycles. The molecule has 0 radical (unpaired) electrons. The largest absolute Gasteiger partial charge is 0.360 e. The molecule has 0 aromatic carbocycles. The molecule has 1 amide bonds. The molecular formula is C13H14ClN3O2. The average Bonchev–Trinajstić information content (AvgIpc) is 2.73. The number of aryl methyl sites for hydroxylation is 1. The molecule has 0 atom stereocenters. The van der Waals surface area contributed by atoms with Gasteiger partial charge in [-0.1, -0.05) is 30.6 Å². The number of pyridine rings is 1. The van der Waals surface area contributed by atoms with Gasteiger partial charge in [-0.25, -0.2) is 4.98 Å². The van der Waals surface area contributed by atoms with Crippen LogP contribution in [0.5, 0.6) is 0 Å². The van der Waals surface area contributed by atoms with E-state index in [0.29, 0.717) is 22.3 Å². The number of nitrogens with one attached hydrogen (secondary N) is 1. The molecule has 2 rings (SSSR count). The maximum absolute atomic E-state index is 12.1. The first kappa shape index (κ1) is 13.5. The minimum Gasteiger partial charge on any atom is -0.360 e. The van der Waals surface area contributed by atoms with Gasteiger partial charge in [0.25, 0.3) is 5.91 Å². The predicted molar refractivity (Wildman–Crippen MR) is 72.5 cm³/mol. The molecule has 19 heavy (non-hydrogen) atoms. The van der Waals surface area contributed by atoms with E-state index in [1.807, 2.05) is 13.8 Å². The fourth-order valence-corrected chi connectivity index (χ4v) is 1.77. The first-order valence-corrected chi connectivity index (χ1v) is 6.25. The molecule has 100 valence electrons. The number of carbonyl (C=O) groups is 1. The van der Waals surface area contributed by atoms with Crippen LogP contribution in [0.4, 0.5) is 5.82 Å². The lowest BCUT2D eigenvalue weighted by atomic mass is 10.1. The second-order valence-electron chi connectivity index (χ2n) is 4.54. The SMILES string of the molecule is Cc1cc(NC(=O)c2cc(Cl)nc(C(C)C)c2)no1. The summed E-state index contributed by atoms with van der Waals surface area (Å²) in [6.45, 7) is 5.73. The Morgan fingerprint density at radius 2 is 2.11 bits per heavy atom. The monoisotopic (exact) mass is 279 g/mol. The number of aromatic nitrogens is 2. The maximum Gasteiger partial charge on any atom is 0.257 e. The molecule has 2 aromatic heterocycles. The van der Waals surface area contributed by atoms with Gasteiger partial charge in [0.05, 0.1) is 0 Å². The summed E-state index contributed by atoms with van der Waals surface area (Å²) in [7, 11) is 0. The fraction of sp³-hybridized carbons (Fsp3) is 0.308. The summed E-state index contributed by atoms with van der Waals surface area (Å²) in [5, 5.41) is 6.65. The van der Waals surface area contributed by atoms with Crippen LogP contribution in [-0.4, -0.2) is 16.0 Å². The summed E-state index contributed by atoms with van der Waals surface area (Å²) in [5.41, 5.74) is 1.22. The molecule has 0 aliphatic rings. The predicted octanol–water partition coefficient (Wildman–Crippen LogP) is 3.41. The summed E-state index contributed by atoms with van der Waals surface area (Å²) >= 11 is 5.92. The van der Waals surface area contributed by atoms with Crippen molar-refractivity contribution in [1.82, 2.24) is 10.1 Å². The number of amides is 1. The van der Waals surface area contributed by atoms with Crippen molar-refractivity contribution < 1.29 is 9.32 Å². The van der Waals surface area contributed by atoms with Crippen molar-refractivity contribution in [3.63, 3.8) is 0 Å². The second-order valence-corrected chi connectivity index (χ2v) is 4.92. The summed E-state index contributed by atoms with van der Waals surface area (Å²) in [6.07, 6.45) is 0. The Morgan fingerprint density at radius 1 is 1.37 bits per heavy atom. The first-order chi connectivity index (χ1) is 8.95. The van der Waals surface area contributed by atoms with Crippen molar-refractivity contribution in [1.29, 1.82) is 0 Å². The van der Waals surface area contributed by atoms with Crippen LogP contribution in [0.1, 0.15) is 41.6 Å². The van der Waals surface area contributed by atoms with Crippen LogP contribution < -0.4 is 5.32 Å². The normalized spacial score (nSPS) is 10.8. The molecule has 0 bridgehead atoms. The van der Waals surface area contributed by atoms with Crippen molar-refractivity contribution in [3.05, 3.63) is 40.4 Å². The maximum atomic E-state index is 12.1. The van der Waals surface area contributed by atoms with E-state index in [1.165, 1.54) is 6.07 Å². The van der Waals surface area contributed by atoms with Crippen LogP contribution in [0.2, 0.25) is 5.15 Å². The Hall–Kier alpha value is -1.88. The van der Waals surface area contributed by atoms with Crippen LogP contribution in [0.3, 0.4) is 0 Å². The van der Waals surface area contributed by atoms with Gasteiger partial charge in [-0.2, -0.15) is 0 Å². The quantitative estimate of drug-likeness (QED) is 0.874. The number of rotatable bonds is 3. The molecule has 0 aliphatic carbocycles. The van der Waals surface area contributed by atoms with Gasteiger partial charge in [-0.15, -0.1) is 0 Å². The van der Waals surface area contributed by atoms with E-state index in [1.54, 1.807) is 19.1 Å². The molecule has 0 saturated heterocycles. The molecule has 0 spiro atoms. The number of anilines is 1. The number of hydrogen-bond donors (Lipinski definition) is 1. The van der Waals surface area contributed by atoms with E-state index in [9.17, 15) is 4.79 Å². The minimum atomic E-state index is -0.292. The van der Waals surface area contributed by atoms with Crippen LogP contribution in [0.25, 0.3) is 0 Å². The topological polar surface area (TPSA) is 68.0 Å². The van der Waals surface area contributed by atoms with E-state index in [0.717, 1.165) is 5.69 Å². The Balaban J connectivity index is 2.23. The van der Waals surface area contributed by atoms with Gasteiger partial charge in [-0.3, -0.25) is 4.79 Å². The summed E-state index contributed by atoms with van der Waals surface area (Å²) in [5.74, 6) is 0.909. The van der Waals surface area contributed by atoms with E-state index in [4.69, 9.17) is 16.1 Å². The molecule has 6 heteroatoms. The van der Waals surface area contributed by atoms with Crippen LogP contribution >= 0.6 is 11.6 Å². The van der Waals surface area contributed by atoms with Crippen molar-refractivity contribution in [2.75, 3.05) is 5.32 Å². The van der Waals surface area contributed by atoms with Gasteiger partial charge in [0, 0.05) is 17.3 Å². The van der Waals surface area contributed by atoms with Crippen molar-refractivity contribution in [3.8, 4) is 0 Å². The molecule has 5 nitrogen and oxygen atoms in total. The molecule has 0 aliphatic heterocycles. The van der Waals surface area contributed by atoms with Crippen LogP contribution in [0.15, 0.2) is 22.7 Å². The Morgan fingerprint density at radius 3 is 2.68 bits per heavy atom. The van der Waals surface area contributed by atoms with Crippen molar-refractivity contribution in [2.24, 2.45) is 0 Å². The third-order valence-electron chi connectivity index (χ3n) is 2.54. The van der Waals surface area contributed by atoms with E-state index in [-0.39, 0.29) is 11.8 Å². The minimum absolute atomic E-state index is 0.194. The summed E-state index contributed by atoms with van der Waals surface area (Å²) in [6, 6.07) is 4.89. The molecule has 2 aromatic rings. The fourth-order valence-electron chi connectivity index (χ4n) is 1.56. The first-order valence-electron chi connectivity index (χ1n) is 5.88. The lowest BCUT2D eigenvalue weighted by molar-refractivity contribution is 0.102. The van der Waals surface area contributed by atoms with Gasteiger partial charge >= 0.3 is 0 Å². The van der Waals surface area contributed by atoms with Gasteiger partial charge < -0.3 is 9.84 Å². The highest BCUT2D eigenvalue weighted by molar-refractivity contribution is 6.29. The Kier molecular flexibility index (Phi) is 3.85. The van der Waals surface area contributed by atoms with Crippen LogP contribution in [-0.2, 0) is 0 Å². The number of halogens is 1. The van der Waals surface area contributed by atoms with E-state index in [2.05, 4.69) is 15.5 Å². The average molecular weight is 280 g/mol. The van der Waals surface area contributed by atoms with Crippen molar-refractivity contribution >= 4 is 23.3 Å². The third kappa shape index (κ3) is 3.32. The smallest absolute Gasteiger partial charge is 0.257 e.